The van der Waals surface area contributed by atoms with Gasteiger partial charge in [0.2, 0.25) is 0 Å². The number of alkyl halides is 3. The Balaban J connectivity index is 1.72. The Morgan fingerprint density at radius 1 is 0.963 bits per heavy atom. The first kappa shape index (κ1) is 18.6. The number of pyridine rings is 1. The quantitative estimate of drug-likeness (QED) is 0.681. The van der Waals surface area contributed by atoms with E-state index in [1.807, 2.05) is 24.3 Å². The molecule has 0 aliphatic carbocycles. The Morgan fingerprint density at radius 2 is 1.59 bits per heavy atom. The second-order valence-electron chi connectivity index (χ2n) is 6.13. The monoisotopic (exact) mass is 370 g/mol. The minimum absolute atomic E-state index is 0.346. The molecule has 0 aliphatic heterocycles. The first-order valence-electron chi connectivity index (χ1n) is 8.33. The minimum atomic E-state index is -4.41. The van der Waals surface area contributed by atoms with Crippen LogP contribution in [0.25, 0.3) is 11.1 Å². The van der Waals surface area contributed by atoms with E-state index in [1.165, 1.54) is 6.07 Å². The highest BCUT2D eigenvalue weighted by Crippen LogP contribution is 2.30. The summed E-state index contributed by atoms with van der Waals surface area (Å²) in [6.45, 7) is 1.65. The van der Waals surface area contributed by atoms with Gasteiger partial charge in [0.25, 0.3) is 5.91 Å². The third kappa shape index (κ3) is 4.53. The average Bonchev–Trinajstić information content (AvgIpc) is 2.68. The van der Waals surface area contributed by atoms with Gasteiger partial charge < -0.3 is 5.32 Å². The van der Waals surface area contributed by atoms with E-state index in [0.29, 0.717) is 11.1 Å². The van der Waals surface area contributed by atoms with Crippen molar-refractivity contribution in [2.45, 2.75) is 19.1 Å². The Hall–Kier alpha value is -3.15. The van der Waals surface area contributed by atoms with E-state index in [9.17, 15) is 18.0 Å². The molecule has 0 saturated carbocycles. The van der Waals surface area contributed by atoms with Crippen LogP contribution in [0.1, 0.15) is 34.5 Å². The van der Waals surface area contributed by atoms with Crippen molar-refractivity contribution >= 4 is 5.91 Å². The number of hydrogen-bond donors (Lipinski definition) is 1. The maximum absolute atomic E-state index is 12.8. The number of aromatic nitrogens is 1. The fraction of sp³-hybridized carbons (Fsp3) is 0.143. The topological polar surface area (TPSA) is 42.0 Å². The van der Waals surface area contributed by atoms with E-state index in [0.717, 1.165) is 23.3 Å². The molecule has 1 amide bonds. The van der Waals surface area contributed by atoms with Gasteiger partial charge in [0.15, 0.2) is 0 Å². The van der Waals surface area contributed by atoms with Crippen molar-refractivity contribution < 1.29 is 18.0 Å². The number of nitrogens with one attached hydrogen (secondary N) is 1. The van der Waals surface area contributed by atoms with Crippen LogP contribution >= 0.6 is 0 Å². The molecule has 2 aromatic carbocycles. The number of hydrogen-bond acceptors (Lipinski definition) is 2. The zero-order valence-corrected chi connectivity index (χ0v) is 14.5. The van der Waals surface area contributed by atoms with Gasteiger partial charge in [-0.3, -0.25) is 9.78 Å². The summed E-state index contributed by atoms with van der Waals surface area (Å²) in [5.41, 5.74) is 2.02. The molecular formula is C21H17F3N2O. The van der Waals surface area contributed by atoms with E-state index < -0.39 is 17.8 Å². The molecule has 0 bridgehead atoms. The first-order chi connectivity index (χ1) is 12.8. The molecular weight excluding hydrogens is 353 g/mol. The van der Waals surface area contributed by atoms with Crippen LogP contribution in [-0.2, 0) is 6.18 Å². The van der Waals surface area contributed by atoms with Gasteiger partial charge in [-0.25, -0.2) is 0 Å². The van der Waals surface area contributed by atoms with Crippen molar-refractivity contribution in [2.75, 3.05) is 0 Å². The zero-order valence-electron chi connectivity index (χ0n) is 14.5. The number of benzene rings is 2. The third-order valence-electron chi connectivity index (χ3n) is 4.22. The van der Waals surface area contributed by atoms with Gasteiger partial charge in [0.05, 0.1) is 11.6 Å². The van der Waals surface area contributed by atoms with Crippen molar-refractivity contribution in [1.82, 2.24) is 10.3 Å². The van der Waals surface area contributed by atoms with Crippen LogP contribution in [0.3, 0.4) is 0 Å². The van der Waals surface area contributed by atoms with Crippen LogP contribution in [0.4, 0.5) is 13.2 Å². The highest BCUT2D eigenvalue weighted by atomic mass is 19.4. The summed E-state index contributed by atoms with van der Waals surface area (Å²) in [4.78, 5) is 16.4. The van der Waals surface area contributed by atoms with Gasteiger partial charge in [0, 0.05) is 18.0 Å². The maximum Gasteiger partial charge on any atom is 0.416 e. The lowest BCUT2D eigenvalue weighted by molar-refractivity contribution is -0.137. The van der Waals surface area contributed by atoms with Crippen molar-refractivity contribution in [3.05, 3.63) is 89.7 Å². The summed E-state index contributed by atoms with van der Waals surface area (Å²) < 4.78 is 38.5. The van der Waals surface area contributed by atoms with Gasteiger partial charge in [-0.05, 0) is 60.0 Å². The number of halogens is 3. The second kappa shape index (κ2) is 7.61. The summed E-state index contributed by atoms with van der Waals surface area (Å²) in [7, 11) is 0. The Labute approximate surface area is 154 Å². The molecule has 0 spiro atoms. The summed E-state index contributed by atoms with van der Waals surface area (Å²) >= 11 is 0. The molecule has 1 N–H and O–H groups in total. The van der Waals surface area contributed by atoms with Crippen LogP contribution in [0.5, 0.6) is 0 Å². The van der Waals surface area contributed by atoms with Crippen molar-refractivity contribution in [3.8, 4) is 11.1 Å². The molecule has 3 aromatic rings. The van der Waals surface area contributed by atoms with Gasteiger partial charge in [-0.15, -0.1) is 0 Å². The van der Waals surface area contributed by atoms with Crippen LogP contribution < -0.4 is 5.32 Å². The molecule has 27 heavy (non-hydrogen) atoms. The Morgan fingerprint density at radius 3 is 2.22 bits per heavy atom. The highest BCUT2D eigenvalue weighted by molar-refractivity contribution is 5.94. The molecule has 0 unspecified atom stereocenters. The van der Waals surface area contributed by atoms with Crippen molar-refractivity contribution in [1.29, 1.82) is 0 Å². The lowest BCUT2D eigenvalue weighted by atomic mass is 10.0. The molecule has 138 valence electrons. The van der Waals surface area contributed by atoms with Crippen LogP contribution in [0, 0.1) is 0 Å². The Bertz CT molecular complexity index is 922. The third-order valence-corrected chi connectivity index (χ3v) is 4.22. The molecule has 1 aromatic heterocycles. The molecule has 3 nitrogen and oxygen atoms in total. The predicted octanol–water partition coefficient (Wildman–Crippen LogP) is 5.26. The summed E-state index contributed by atoms with van der Waals surface area (Å²) in [6, 6.07) is 15.1. The number of nitrogens with zero attached hydrogens (tertiary/aromatic N) is 1. The summed E-state index contributed by atoms with van der Waals surface area (Å²) in [5.74, 6) is -0.346. The molecule has 1 atom stereocenters. The number of rotatable bonds is 4. The van der Waals surface area contributed by atoms with Crippen molar-refractivity contribution in [3.63, 3.8) is 0 Å². The number of carbonyl (C=O) groups excluding carboxylic acids is 1. The average molecular weight is 370 g/mol. The second-order valence-corrected chi connectivity index (χ2v) is 6.13. The van der Waals surface area contributed by atoms with Gasteiger partial charge in [0.1, 0.15) is 0 Å². The number of carbonyl (C=O) groups is 1. The molecule has 0 aliphatic rings. The smallest absolute Gasteiger partial charge is 0.346 e. The molecule has 0 radical (unpaired) electrons. The maximum atomic E-state index is 12.8. The van der Waals surface area contributed by atoms with E-state index in [2.05, 4.69) is 10.3 Å². The molecule has 6 heteroatoms. The summed E-state index contributed by atoms with van der Waals surface area (Å²) in [5, 5.41) is 2.73. The lowest BCUT2D eigenvalue weighted by Gasteiger charge is -2.16. The molecule has 1 heterocycles. The molecule has 0 fully saturated rings. The van der Waals surface area contributed by atoms with Crippen LogP contribution in [0.2, 0.25) is 0 Å². The van der Waals surface area contributed by atoms with E-state index in [4.69, 9.17) is 0 Å². The van der Waals surface area contributed by atoms with Crippen LogP contribution in [0.15, 0.2) is 73.1 Å². The van der Waals surface area contributed by atoms with E-state index >= 15 is 0 Å². The van der Waals surface area contributed by atoms with E-state index in [1.54, 1.807) is 37.5 Å². The normalized spacial score (nSPS) is 12.4. The lowest BCUT2D eigenvalue weighted by Crippen LogP contribution is -2.26. The number of amides is 1. The first-order valence-corrected chi connectivity index (χ1v) is 8.33. The SMILES string of the molecule is C[C@@H](NC(=O)c1ccc(-c2ccncc2)cc1)c1cccc(C(F)(F)F)c1. The van der Waals surface area contributed by atoms with Crippen molar-refractivity contribution in [2.24, 2.45) is 0 Å². The highest BCUT2D eigenvalue weighted by Gasteiger charge is 2.30. The van der Waals surface area contributed by atoms with E-state index in [-0.39, 0.29) is 5.91 Å². The Kier molecular flexibility index (Phi) is 5.26. The predicted molar refractivity (Wildman–Crippen MR) is 97.0 cm³/mol. The van der Waals surface area contributed by atoms with Gasteiger partial charge in [-0.1, -0.05) is 24.3 Å². The fourth-order valence-electron chi connectivity index (χ4n) is 2.71. The zero-order chi connectivity index (χ0) is 19.4. The molecule has 0 saturated heterocycles. The summed E-state index contributed by atoms with van der Waals surface area (Å²) in [6.07, 6.45) is -1.04. The molecule has 3 rings (SSSR count). The van der Waals surface area contributed by atoms with Gasteiger partial charge >= 0.3 is 6.18 Å². The fourth-order valence-corrected chi connectivity index (χ4v) is 2.71. The van der Waals surface area contributed by atoms with Gasteiger partial charge in [-0.2, -0.15) is 13.2 Å². The largest absolute Gasteiger partial charge is 0.416 e. The standard InChI is InChI=1S/C21H17F3N2O/c1-14(18-3-2-4-19(13-18)21(22,23)24)26-20(27)17-7-5-15(6-8-17)16-9-11-25-12-10-16/h2-14H,1H3,(H,26,27)/t14-/m1/s1. The minimum Gasteiger partial charge on any atom is -0.346 e. The van der Waals surface area contributed by atoms with Crippen LogP contribution in [-0.4, -0.2) is 10.9 Å².